The molecule has 1 saturated heterocycles. The van der Waals surface area contributed by atoms with E-state index >= 15 is 0 Å². The van der Waals surface area contributed by atoms with Crippen molar-refractivity contribution in [2.24, 2.45) is 5.92 Å². The maximum absolute atomic E-state index is 10.7. The van der Waals surface area contributed by atoms with E-state index in [0.29, 0.717) is 12.5 Å². The lowest BCUT2D eigenvalue weighted by Crippen LogP contribution is -2.40. The largest absolute Gasteiger partial charge is 0.434 e. The Labute approximate surface area is 112 Å². The monoisotopic (exact) mass is 268 g/mol. The molecule has 1 aliphatic rings. The number of piperidine rings is 1. The van der Waals surface area contributed by atoms with E-state index in [2.05, 4.69) is 16.8 Å². The van der Waals surface area contributed by atoms with Gasteiger partial charge in [-0.05, 0) is 30.2 Å². The van der Waals surface area contributed by atoms with Gasteiger partial charge in [0.1, 0.15) is 12.4 Å². The summed E-state index contributed by atoms with van der Waals surface area (Å²) < 4.78 is 1.39. The van der Waals surface area contributed by atoms with Gasteiger partial charge in [-0.2, -0.15) is 0 Å². The van der Waals surface area contributed by atoms with Crippen LogP contribution in [0, 0.1) is 16.0 Å². The number of hydrogen-bond acceptors (Lipinski definition) is 5. The second kappa shape index (κ2) is 6.12. The van der Waals surface area contributed by atoms with E-state index in [4.69, 9.17) is 0 Å². The Morgan fingerprint density at radius 1 is 1.63 bits per heavy atom. The van der Waals surface area contributed by atoms with Crippen LogP contribution in [0.3, 0.4) is 0 Å². The Kier molecular flexibility index (Phi) is 4.49. The normalized spacial score (nSPS) is 22.3. The van der Waals surface area contributed by atoms with Crippen molar-refractivity contribution in [1.29, 1.82) is 0 Å². The number of aliphatic hydroxyl groups is 1. The molecule has 2 unspecified atom stereocenters. The van der Waals surface area contributed by atoms with Gasteiger partial charge in [-0.3, -0.25) is 0 Å². The lowest BCUT2D eigenvalue weighted by atomic mass is 10.00. The highest BCUT2D eigenvalue weighted by Crippen LogP contribution is 2.16. The van der Waals surface area contributed by atoms with Gasteiger partial charge in [0, 0.05) is 13.1 Å². The number of aromatic nitrogens is 2. The highest BCUT2D eigenvalue weighted by molar-refractivity contribution is 5.06. The van der Waals surface area contributed by atoms with Gasteiger partial charge >= 0.3 is 5.95 Å². The highest BCUT2D eigenvalue weighted by Gasteiger charge is 2.22. The summed E-state index contributed by atoms with van der Waals surface area (Å²) >= 11 is 0. The summed E-state index contributed by atoms with van der Waals surface area (Å²) in [6.07, 6.45) is 4.69. The van der Waals surface area contributed by atoms with Gasteiger partial charge in [-0.1, -0.05) is 11.9 Å². The van der Waals surface area contributed by atoms with Crippen molar-refractivity contribution < 1.29 is 10.0 Å². The first-order chi connectivity index (χ1) is 9.06. The van der Waals surface area contributed by atoms with Gasteiger partial charge in [-0.15, -0.1) is 0 Å². The molecule has 0 aromatic carbocycles. The van der Waals surface area contributed by atoms with Crippen LogP contribution in [-0.4, -0.2) is 50.2 Å². The van der Waals surface area contributed by atoms with Crippen molar-refractivity contribution in [2.75, 3.05) is 19.6 Å². The second-order valence-corrected chi connectivity index (χ2v) is 5.30. The molecule has 1 aromatic heterocycles. The van der Waals surface area contributed by atoms with E-state index in [1.807, 2.05) is 0 Å². The number of aliphatic hydroxyl groups excluding tert-OH is 1. The highest BCUT2D eigenvalue weighted by atomic mass is 16.6. The summed E-state index contributed by atoms with van der Waals surface area (Å²) in [6.45, 7) is 4.95. The number of β-amino-alcohol motifs (C(OH)–C–C–N with tert-alkyl or cyclic N) is 1. The van der Waals surface area contributed by atoms with Gasteiger partial charge in [-0.25, -0.2) is 4.57 Å². The minimum Gasteiger partial charge on any atom is -0.390 e. The van der Waals surface area contributed by atoms with E-state index in [1.165, 1.54) is 23.4 Å². The van der Waals surface area contributed by atoms with Crippen molar-refractivity contribution in [2.45, 2.75) is 32.4 Å². The predicted molar refractivity (Wildman–Crippen MR) is 69.7 cm³/mol. The number of imidazole rings is 1. The third-order valence-electron chi connectivity index (χ3n) is 3.47. The summed E-state index contributed by atoms with van der Waals surface area (Å²) in [7, 11) is 0. The average Bonchev–Trinajstić information content (AvgIpc) is 2.76. The fourth-order valence-electron chi connectivity index (χ4n) is 2.65. The van der Waals surface area contributed by atoms with E-state index in [1.54, 1.807) is 0 Å². The molecule has 2 heterocycles. The lowest BCUT2D eigenvalue weighted by molar-refractivity contribution is -0.397. The molecule has 0 radical (unpaired) electrons. The fraction of sp³-hybridized carbons (Fsp3) is 0.750. The topological polar surface area (TPSA) is 84.4 Å². The van der Waals surface area contributed by atoms with E-state index in [9.17, 15) is 15.2 Å². The molecule has 0 spiro atoms. The van der Waals surface area contributed by atoms with E-state index < -0.39 is 11.0 Å². The molecule has 7 heteroatoms. The Bertz CT molecular complexity index is 434. The van der Waals surface area contributed by atoms with Crippen LogP contribution in [0.25, 0.3) is 0 Å². The Morgan fingerprint density at radius 3 is 3.11 bits per heavy atom. The van der Waals surface area contributed by atoms with E-state index in [-0.39, 0.29) is 12.5 Å². The summed E-state index contributed by atoms with van der Waals surface area (Å²) in [5.41, 5.74) is 0. The smallest absolute Gasteiger partial charge is 0.390 e. The molecular weight excluding hydrogens is 248 g/mol. The first-order valence-electron chi connectivity index (χ1n) is 6.62. The van der Waals surface area contributed by atoms with Crippen molar-refractivity contribution in [3.63, 3.8) is 0 Å². The van der Waals surface area contributed by atoms with Gasteiger partial charge in [0.2, 0.25) is 0 Å². The number of rotatable bonds is 5. The molecule has 0 bridgehead atoms. The first kappa shape index (κ1) is 14.0. The molecule has 7 nitrogen and oxygen atoms in total. The van der Waals surface area contributed by atoms with Crippen molar-refractivity contribution in [1.82, 2.24) is 14.5 Å². The third kappa shape index (κ3) is 3.74. The average molecular weight is 268 g/mol. The molecule has 106 valence electrons. The Morgan fingerprint density at radius 2 is 2.42 bits per heavy atom. The van der Waals surface area contributed by atoms with Crippen LogP contribution in [0.2, 0.25) is 0 Å². The molecular formula is C12H20N4O3. The molecule has 2 atom stereocenters. The van der Waals surface area contributed by atoms with Crippen LogP contribution in [0.5, 0.6) is 0 Å². The number of nitrogens with zero attached hydrogens (tertiary/aromatic N) is 4. The molecule has 1 N–H and O–H groups in total. The standard InChI is InChI=1S/C12H20N4O3/c1-10-3-2-5-14(7-10)8-11(17)9-15-6-4-13-12(15)16(18)19/h4,6,10-11,17H,2-3,5,7-9H2,1H3. The fourth-order valence-corrected chi connectivity index (χ4v) is 2.65. The minimum atomic E-state index is -0.613. The zero-order valence-corrected chi connectivity index (χ0v) is 11.1. The molecule has 0 aliphatic carbocycles. The van der Waals surface area contributed by atoms with Gasteiger partial charge in [0.25, 0.3) is 0 Å². The molecule has 2 rings (SSSR count). The number of nitro groups is 1. The Hall–Kier alpha value is -1.47. The van der Waals surface area contributed by atoms with Crippen LogP contribution in [0.15, 0.2) is 12.4 Å². The van der Waals surface area contributed by atoms with Crippen LogP contribution in [-0.2, 0) is 6.54 Å². The maximum atomic E-state index is 10.7. The zero-order valence-electron chi connectivity index (χ0n) is 11.1. The van der Waals surface area contributed by atoms with Crippen molar-refractivity contribution in [3.8, 4) is 0 Å². The first-order valence-corrected chi connectivity index (χ1v) is 6.62. The second-order valence-electron chi connectivity index (χ2n) is 5.30. The lowest BCUT2D eigenvalue weighted by Gasteiger charge is -2.32. The van der Waals surface area contributed by atoms with Gasteiger partial charge in [0.05, 0.1) is 12.6 Å². The number of hydrogen-bond donors (Lipinski definition) is 1. The third-order valence-corrected chi connectivity index (χ3v) is 3.47. The molecule has 1 aromatic rings. The van der Waals surface area contributed by atoms with Crippen LogP contribution in [0.4, 0.5) is 5.95 Å². The molecule has 0 amide bonds. The molecule has 0 saturated carbocycles. The molecule has 1 fully saturated rings. The minimum absolute atomic E-state index is 0.210. The summed E-state index contributed by atoms with van der Waals surface area (Å²) in [6, 6.07) is 0. The SMILES string of the molecule is CC1CCCN(CC(O)Cn2ccnc2[N+](=O)[O-])C1. The zero-order chi connectivity index (χ0) is 13.8. The summed E-state index contributed by atoms with van der Waals surface area (Å²) in [4.78, 5) is 16.1. The van der Waals surface area contributed by atoms with Crippen LogP contribution in [0.1, 0.15) is 19.8 Å². The van der Waals surface area contributed by atoms with Crippen molar-refractivity contribution in [3.05, 3.63) is 22.5 Å². The predicted octanol–water partition coefficient (Wildman–Crippen LogP) is 0.884. The summed E-state index contributed by atoms with van der Waals surface area (Å²) in [5.74, 6) is 0.439. The number of likely N-dealkylation sites (tertiary alicyclic amines) is 1. The quantitative estimate of drug-likeness (QED) is 0.633. The molecule has 19 heavy (non-hydrogen) atoms. The van der Waals surface area contributed by atoms with Crippen LogP contribution >= 0.6 is 0 Å². The maximum Gasteiger partial charge on any atom is 0.434 e. The van der Waals surface area contributed by atoms with Crippen LogP contribution < -0.4 is 0 Å². The van der Waals surface area contributed by atoms with Gasteiger partial charge in [0.15, 0.2) is 0 Å². The van der Waals surface area contributed by atoms with Gasteiger partial charge < -0.3 is 20.1 Å². The van der Waals surface area contributed by atoms with Crippen molar-refractivity contribution >= 4 is 5.95 Å². The molecule has 1 aliphatic heterocycles. The Balaban J connectivity index is 1.88. The van der Waals surface area contributed by atoms with E-state index in [0.717, 1.165) is 19.5 Å². The summed E-state index contributed by atoms with van der Waals surface area (Å²) in [5, 5.41) is 20.8.